The summed E-state index contributed by atoms with van der Waals surface area (Å²) in [5, 5.41) is 5.74. The zero-order chi connectivity index (χ0) is 18.4. The minimum absolute atomic E-state index is 0.0482. The van der Waals surface area contributed by atoms with Crippen molar-refractivity contribution in [3.63, 3.8) is 0 Å². The first kappa shape index (κ1) is 18.5. The minimum Gasteiger partial charge on any atom is -0.325 e. The van der Waals surface area contributed by atoms with Crippen molar-refractivity contribution in [2.75, 3.05) is 30.3 Å². The minimum atomic E-state index is -0.140. The Bertz CT molecular complexity index is 752. The van der Waals surface area contributed by atoms with Crippen LogP contribution in [-0.4, -0.2) is 41.3 Å². The van der Waals surface area contributed by atoms with Crippen LogP contribution >= 0.6 is 15.9 Å². The predicted octanol–water partition coefficient (Wildman–Crippen LogP) is 3.13. The van der Waals surface area contributed by atoms with Crippen LogP contribution in [-0.2, 0) is 9.59 Å². The Balaban J connectivity index is 1.51. The molecule has 2 heterocycles. The van der Waals surface area contributed by atoms with E-state index in [4.69, 9.17) is 0 Å². The van der Waals surface area contributed by atoms with E-state index in [9.17, 15) is 9.59 Å². The number of para-hydroxylation sites is 1. The zero-order valence-electron chi connectivity index (χ0n) is 14.3. The van der Waals surface area contributed by atoms with Gasteiger partial charge in [-0.1, -0.05) is 18.2 Å². The molecule has 0 spiro atoms. The van der Waals surface area contributed by atoms with E-state index in [-0.39, 0.29) is 24.3 Å². The SMILES string of the molecule is O=C(CN1CCCC(C(=O)Nc2ccc(Br)cn2)C1)Nc1ccccc1. The molecule has 136 valence electrons. The lowest BCUT2D eigenvalue weighted by Gasteiger charge is -2.31. The number of benzene rings is 1. The van der Waals surface area contributed by atoms with Gasteiger partial charge >= 0.3 is 0 Å². The van der Waals surface area contributed by atoms with Gasteiger partial charge in [-0.15, -0.1) is 0 Å². The average Bonchev–Trinajstić information content (AvgIpc) is 2.64. The van der Waals surface area contributed by atoms with Crippen LogP contribution in [0.25, 0.3) is 0 Å². The number of rotatable bonds is 5. The number of nitrogens with zero attached hydrogens (tertiary/aromatic N) is 2. The number of carbonyl (C=O) groups excluding carboxylic acids is 2. The number of piperidine rings is 1. The number of hydrogen-bond donors (Lipinski definition) is 2. The lowest BCUT2D eigenvalue weighted by molar-refractivity contribution is -0.123. The Hall–Kier alpha value is -2.25. The smallest absolute Gasteiger partial charge is 0.238 e. The highest BCUT2D eigenvalue weighted by atomic mass is 79.9. The van der Waals surface area contributed by atoms with Gasteiger partial charge in [0, 0.05) is 22.9 Å². The van der Waals surface area contributed by atoms with E-state index in [2.05, 4.69) is 31.5 Å². The first-order valence-electron chi connectivity index (χ1n) is 8.60. The fourth-order valence-corrected chi connectivity index (χ4v) is 3.25. The van der Waals surface area contributed by atoms with Crippen molar-refractivity contribution in [2.45, 2.75) is 12.8 Å². The lowest BCUT2D eigenvalue weighted by Crippen LogP contribution is -2.44. The van der Waals surface area contributed by atoms with Crippen molar-refractivity contribution in [3.8, 4) is 0 Å². The van der Waals surface area contributed by atoms with Crippen LogP contribution in [0.2, 0.25) is 0 Å². The van der Waals surface area contributed by atoms with Gasteiger partial charge in [0.05, 0.1) is 12.5 Å². The van der Waals surface area contributed by atoms with Crippen molar-refractivity contribution in [2.24, 2.45) is 5.92 Å². The molecule has 1 saturated heterocycles. The van der Waals surface area contributed by atoms with Crippen molar-refractivity contribution in [3.05, 3.63) is 53.1 Å². The maximum Gasteiger partial charge on any atom is 0.238 e. The van der Waals surface area contributed by atoms with Gasteiger partial charge in [-0.2, -0.15) is 0 Å². The quantitative estimate of drug-likeness (QED) is 0.784. The fraction of sp³-hybridized carbons (Fsp3) is 0.316. The number of carbonyl (C=O) groups is 2. The molecule has 26 heavy (non-hydrogen) atoms. The normalized spacial score (nSPS) is 17.5. The van der Waals surface area contributed by atoms with E-state index in [1.54, 1.807) is 12.3 Å². The summed E-state index contributed by atoms with van der Waals surface area (Å²) in [5.74, 6) is 0.288. The molecule has 0 aliphatic carbocycles. The van der Waals surface area contributed by atoms with Gasteiger partial charge in [-0.25, -0.2) is 4.98 Å². The molecule has 3 rings (SSSR count). The van der Waals surface area contributed by atoms with Crippen molar-refractivity contribution in [1.82, 2.24) is 9.88 Å². The number of aromatic nitrogens is 1. The summed E-state index contributed by atoms with van der Waals surface area (Å²) in [7, 11) is 0. The number of amides is 2. The Morgan fingerprint density at radius 3 is 2.69 bits per heavy atom. The van der Waals surface area contributed by atoms with Gasteiger partial charge in [0.2, 0.25) is 11.8 Å². The molecule has 6 nitrogen and oxygen atoms in total. The summed E-state index contributed by atoms with van der Waals surface area (Å²) in [4.78, 5) is 30.9. The van der Waals surface area contributed by atoms with Crippen molar-refractivity contribution < 1.29 is 9.59 Å². The Labute approximate surface area is 161 Å². The monoisotopic (exact) mass is 416 g/mol. The highest BCUT2D eigenvalue weighted by Gasteiger charge is 2.27. The molecule has 1 aliphatic rings. The molecule has 0 bridgehead atoms. The molecule has 0 radical (unpaired) electrons. The number of likely N-dealkylation sites (tertiary alicyclic amines) is 1. The molecule has 1 atom stereocenters. The van der Waals surface area contributed by atoms with Gasteiger partial charge in [-0.3, -0.25) is 14.5 Å². The van der Waals surface area contributed by atoms with Gasteiger partial charge in [-0.05, 0) is 59.6 Å². The number of pyridine rings is 1. The van der Waals surface area contributed by atoms with Crippen molar-refractivity contribution in [1.29, 1.82) is 0 Å². The van der Waals surface area contributed by atoms with E-state index in [0.717, 1.165) is 29.5 Å². The molecule has 1 fully saturated rings. The molecule has 1 aromatic heterocycles. The van der Waals surface area contributed by atoms with Crippen LogP contribution in [0.5, 0.6) is 0 Å². The van der Waals surface area contributed by atoms with Crippen LogP contribution in [0.4, 0.5) is 11.5 Å². The molecule has 7 heteroatoms. The van der Waals surface area contributed by atoms with E-state index in [1.165, 1.54) is 0 Å². The second kappa shape index (κ2) is 8.91. The highest BCUT2D eigenvalue weighted by molar-refractivity contribution is 9.10. The van der Waals surface area contributed by atoms with Gasteiger partial charge < -0.3 is 10.6 Å². The second-order valence-corrected chi connectivity index (χ2v) is 7.26. The third kappa shape index (κ3) is 5.37. The summed E-state index contributed by atoms with van der Waals surface area (Å²) < 4.78 is 0.865. The van der Waals surface area contributed by atoms with Gasteiger partial charge in [0.15, 0.2) is 0 Å². The third-order valence-electron chi connectivity index (χ3n) is 4.28. The molecule has 2 N–H and O–H groups in total. The Kier molecular flexibility index (Phi) is 6.35. The summed E-state index contributed by atoms with van der Waals surface area (Å²) in [6.07, 6.45) is 3.36. The van der Waals surface area contributed by atoms with Crippen LogP contribution in [0, 0.1) is 5.92 Å². The average molecular weight is 417 g/mol. The summed E-state index contributed by atoms with van der Waals surface area (Å²) in [6.45, 7) is 1.68. The fourth-order valence-electron chi connectivity index (χ4n) is 3.02. The maximum absolute atomic E-state index is 12.5. The predicted molar refractivity (Wildman–Crippen MR) is 105 cm³/mol. The summed E-state index contributed by atoms with van der Waals surface area (Å²) in [6, 6.07) is 13.0. The van der Waals surface area contributed by atoms with Crippen LogP contribution < -0.4 is 10.6 Å². The zero-order valence-corrected chi connectivity index (χ0v) is 15.9. The number of nitrogens with one attached hydrogen (secondary N) is 2. The van der Waals surface area contributed by atoms with Crippen LogP contribution in [0.15, 0.2) is 53.1 Å². The van der Waals surface area contributed by atoms with E-state index in [0.29, 0.717) is 12.4 Å². The Morgan fingerprint density at radius 1 is 1.15 bits per heavy atom. The van der Waals surface area contributed by atoms with E-state index < -0.39 is 0 Å². The topological polar surface area (TPSA) is 74.3 Å². The second-order valence-electron chi connectivity index (χ2n) is 6.34. The maximum atomic E-state index is 12.5. The molecule has 1 unspecified atom stereocenters. The van der Waals surface area contributed by atoms with E-state index in [1.807, 2.05) is 41.3 Å². The molecule has 1 aliphatic heterocycles. The van der Waals surface area contributed by atoms with Gasteiger partial charge in [0.1, 0.15) is 5.82 Å². The standard InChI is InChI=1S/C19H21BrN4O2/c20-15-8-9-17(21-11-15)23-19(26)14-5-4-10-24(12-14)13-18(25)22-16-6-2-1-3-7-16/h1-3,6-9,11,14H,4-5,10,12-13H2,(H,22,25)(H,21,23,26). The third-order valence-corrected chi connectivity index (χ3v) is 4.75. The highest BCUT2D eigenvalue weighted by Crippen LogP contribution is 2.19. The van der Waals surface area contributed by atoms with Crippen molar-refractivity contribution >= 4 is 39.2 Å². The largest absolute Gasteiger partial charge is 0.325 e. The first-order valence-corrected chi connectivity index (χ1v) is 9.39. The van der Waals surface area contributed by atoms with Gasteiger partial charge in [0.25, 0.3) is 0 Å². The molecule has 2 aromatic rings. The molecular weight excluding hydrogens is 396 g/mol. The summed E-state index contributed by atoms with van der Waals surface area (Å²) in [5.41, 5.74) is 0.783. The molecular formula is C19H21BrN4O2. The Morgan fingerprint density at radius 2 is 1.96 bits per heavy atom. The number of hydrogen-bond acceptors (Lipinski definition) is 4. The molecule has 1 aromatic carbocycles. The number of anilines is 2. The molecule has 2 amide bonds. The summed E-state index contributed by atoms with van der Waals surface area (Å²) >= 11 is 3.32. The number of halogens is 1. The first-order chi connectivity index (χ1) is 12.6. The molecule has 0 saturated carbocycles. The lowest BCUT2D eigenvalue weighted by atomic mass is 9.97. The van der Waals surface area contributed by atoms with Crippen LogP contribution in [0.3, 0.4) is 0 Å². The van der Waals surface area contributed by atoms with E-state index >= 15 is 0 Å². The van der Waals surface area contributed by atoms with Crippen LogP contribution in [0.1, 0.15) is 12.8 Å².